The summed E-state index contributed by atoms with van der Waals surface area (Å²) < 4.78 is 0.847. The Labute approximate surface area is 50.3 Å². The lowest BCUT2D eigenvalue weighted by Crippen LogP contribution is -1.59. The van der Waals surface area contributed by atoms with Gasteiger partial charge in [-0.15, -0.1) is 0 Å². The van der Waals surface area contributed by atoms with Gasteiger partial charge < -0.3 is 0 Å². The summed E-state index contributed by atoms with van der Waals surface area (Å²) in [4.78, 5) is 0. The molecule has 0 aromatic carbocycles. The zero-order valence-electron chi connectivity index (χ0n) is 2.67. The van der Waals surface area contributed by atoms with Crippen molar-refractivity contribution in [2.24, 2.45) is 0 Å². The highest BCUT2D eigenvalue weighted by Crippen LogP contribution is 1.99. The summed E-state index contributed by atoms with van der Waals surface area (Å²) in [7, 11) is 0. The lowest BCUT2D eigenvalue weighted by Gasteiger charge is -1.74. The molecule has 0 aliphatic rings. The average molecular weight is 202 g/mol. The molecule has 5 heavy (non-hydrogen) atoms. The van der Waals surface area contributed by atoms with Gasteiger partial charge in [0.25, 0.3) is 0 Å². The molecule has 0 unspecified atom stereocenters. The molecule has 2 heteroatoms. The van der Waals surface area contributed by atoms with Gasteiger partial charge in [-0.25, -0.2) is 0 Å². The van der Waals surface area contributed by atoms with E-state index in [-0.39, 0.29) is 0 Å². The number of halogens is 2. The third-order valence-electron chi connectivity index (χ3n) is 0.145. The van der Waals surface area contributed by atoms with Crippen LogP contribution in [0, 0.1) is 0 Å². The van der Waals surface area contributed by atoms with E-state index in [9.17, 15) is 0 Å². The van der Waals surface area contributed by atoms with E-state index in [4.69, 9.17) is 11.6 Å². The minimum atomic E-state index is 0.714. The van der Waals surface area contributed by atoms with Crippen LogP contribution >= 0.6 is 34.2 Å². The van der Waals surface area contributed by atoms with Crippen molar-refractivity contribution < 1.29 is 0 Å². The quantitative estimate of drug-likeness (QED) is 0.452. The van der Waals surface area contributed by atoms with Gasteiger partial charge in [-0.1, -0.05) is 40.8 Å². The predicted molar refractivity (Wildman–Crippen MR) is 33.9 cm³/mol. The Hall–Kier alpha value is 0.760. The van der Waals surface area contributed by atoms with E-state index in [1.54, 1.807) is 0 Å². The summed E-state index contributed by atoms with van der Waals surface area (Å²) in [6.45, 7) is 3.43. The van der Waals surface area contributed by atoms with Gasteiger partial charge in [-0.05, 0) is 0 Å². The van der Waals surface area contributed by atoms with Gasteiger partial charge in [0.1, 0.15) is 0 Å². The summed E-state index contributed by atoms with van der Waals surface area (Å²) >= 11 is 7.41. The SMILES string of the molecule is C=C(Cl)CI. The van der Waals surface area contributed by atoms with Crippen LogP contribution in [-0.4, -0.2) is 4.43 Å². The molecule has 0 rings (SSSR count). The number of hydrogen-bond acceptors (Lipinski definition) is 0. The summed E-state index contributed by atoms with van der Waals surface area (Å²) in [5, 5.41) is 0.714. The van der Waals surface area contributed by atoms with E-state index in [1.165, 1.54) is 0 Å². The maximum atomic E-state index is 5.26. The highest BCUT2D eigenvalue weighted by molar-refractivity contribution is 14.1. The summed E-state index contributed by atoms with van der Waals surface area (Å²) in [6.07, 6.45) is 0. The molecule has 0 fully saturated rings. The van der Waals surface area contributed by atoms with E-state index in [0.717, 1.165) is 4.43 Å². The lowest BCUT2D eigenvalue weighted by molar-refractivity contribution is 1.81. The molecule has 0 atom stereocenters. The van der Waals surface area contributed by atoms with Crippen LogP contribution in [0.25, 0.3) is 0 Å². The van der Waals surface area contributed by atoms with Crippen molar-refractivity contribution >= 4 is 34.2 Å². The normalized spacial score (nSPS) is 7.60. The molecule has 0 spiro atoms. The number of alkyl halides is 1. The van der Waals surface area contributed by atoms with Crippen molar-refractivity contribution in [1.82, 2.24) is 0 Å². The lowest BCUT2D eigenvalue weighted by atomic mass is 10.8. The van der Waals surface area contributed by atoms with Gasteiger partial charge >= 0.3 is 0 Å². The van der Waals surface area contributed by atoms with Crippen LogP contribution < -0.4 is 0 Å². The third kappa shape index (κ3) is 4.76. The molecule has 0 amide bonds. The first-order valence-electron chi connectivity index (χ1n) is 1.16. The van der Waals surface area contributed by atoms with Crippen molar-refractivity contribution in [3.05, 3.63) is 11.6 Å². The van der Waals surface area contributed by atoms with Gasteiger partial charge in [-0.3, -0.25) is 0 Å². The second-order valence-electron chi connectivity index (χ2n) is 0.651. The molecule has 0 saturated carbocycles. The van der Waals surface area contributed by atoms with E-state index < -0.39 is 0 Å². The van der Waals surface area contributed by atoms with E-state index in [0.29, 0.717) is 5.03 Å². The Balaban J connectivity index is 2.85. The van der Waals surface area contributed by atoms with Crippen LogP contribution in [0.5, 0.6) is 0 Å². The summed E-state index contributed by atoms with van der Waals surface area (Å²) in [5.41, 5.74) is 0. The predicted octanol–water partition coefficient (Wildman–Crippen LogP) is 2.17. The highest BCUT2D eigenvalue weighted by atomic mass is 127. The second kappa shape index (κ2) is 2.97. The van der Waals surface area contributed by atoms with Crippen LogP contribution in [0.15, 0.2) is 11.6 Å². The Bertz CT molecular complexity index is 42.2. The Morgan fingerprint density at radius 3 is 2.20 bits per heavy atom. The molecule has 0 nitrogen and oxygen atoms in total. The first-order chi connectivity index (χ1) is 2.27. The molecule has 0 saturated heterocycles. The molecule has 0 radical (unpaired) electrons. The minimum absolute atomic E-state index is 0.714. The number of hydrogen-bond donors (Lipinski definition) is 0. The Morgan fingerprint density at radius 1 is 2.00 bits per heavy atom. The monoisotopic (exact) mass is 202 g/mol. The Kier molecular flexibility index (Phi) is 3.42. The molecular weight excluding hydrogens is 198 g/mol. The van der Waals surface area contributed by atoms with Gasteiger partial charge in [0, 0.05) is 9.46 Å². The van der Waals surface area contributed by atoms with Gasteiger partial charge in [-0.2, -0.15) is 0 Å². The largest absolute Gasteiger partial charge is 0.0890 e. The zero-order chi connectivity index (χ0) is 4.28. The summed E-state index contributed by atoms with van der Waals surface area (Å²) in [5.74, 6) is 0. The molecule has 0 aliphatic carbocycles. The Morgan fingerprint density at radius 2 is 2.20 bits per heavy atom. The molecule has 0 bridgehead atoms. The fourth-order valence-electron chi connectivity index (χ4n) is 0. The molecule has 0 aromatic heterocycles. The van der Waals surface area contributed by atoms with Gasteiger partial charge in [0.2, 0.25) is 0 Å². The highest BCUT2D eigenvalue weighted by Gasteiger charge is 1.73. The second-order valence-corrected chi connectivity index (χ2v) is 1.95. The van der Waals surface area contributed by atoms with E-state index in [2.05, 4.69) is 29.2 Å². The molecular formula is C3H4ClI. The summed E-state index contributed by atoms with van der Waals surface area (Å²) in [6, 6.07) is 0. The standard InChI is InChI=1S/C3H4ClI/c1-3(4)2-5/h1-2H2. The fraction of sp³-hybridized carbons (Fsp3) is 0.333. The maximum absolute atomic E-state index is 5.26. The van der Waals surface area contributed by atoms with Crippen molar-refractivity contribution in [3.8, 4) is 0 Å². The molecule has 0 aliphatic heterocycles. The third-order valence-corrected chi connectivity index (χ3v) is 1.65. The molecule has 0 heterocycles. The van der Waals surface area contributed by atoms with E-state index >= 15 is 0 Å². The number of rotatable bonds is 1. The maximum Gasteiger partial charge on any atom is 0.0349 e. The van der Waals surface area contributed by atoms with Crippen LogP contribution in [0.3, 0.4) is 0 Å². The van der Waals surface area contributed by atoms with E-state index in [1.807, 2.05) is 0 Å². The van der Waals surface area contributed by atoms with Crippen LogP contribution in [0.1, 0.15) is 0 Å². The topological polar surface area (TPSA) is 0 Å². The average Bonchev–Trinajstić information content (AvgIpc) is 1.38. The molecule has 30 valence electrons. The van der Waals surface area contributed by atoms with Crippen molar-refractivity contribution in [3.63, 3.8) is 0 Å². The zero-order valence-corrected chi connectivity index (χ0v) is 5.58. The van der Waals surface area contributed by atoms with Crippen LogP contribution in [0.2, 0.25) is 0 Å². The van der Waals surface area contributed by atoms with Crippen LogP contribution in [0.4, 0.5) is 0 Å². The van der Waals surface area contributed by atoms with Gasteiger partial charge in [0.05, 0.1) is 0 Å². The molecule has 0 aromatic rings. The molecule has 0 N–H and O–H groups in total. The van der Waals surface area contributed by atoms with Crippen molar-refractivity contribution in [2.45, 2.75) is 0 Å². The minimum Gasteiger partial charge on any atom is -0.0890 e. The van der Waals surface area contributed by atoms with Crippen LogP contribution in [-0.2, 0) is 0 Å². The first kappa shape index (κ1) is 5.76. The van der Waals surface area contributed by atoms with Crippen molar-refractivity contribution in [1.29, 1.82) is 0 Å². The first-order valence-corrected chi connectivity index (χ1v) is 3.07. The fourth-order valence-corrected chi connectivity index (χ4v) is 0. The smallest absolute Gasteiger partial charge is 0.0349 e. The van der Waals surface area contributed by atoms with Crippen molar-refractivity contribution in [2.75, 3.05) is 4.43 Å². The number of allylic oxidation sites excluding steroid dienone is 1. The van der Waals surface area contributed by atoms with Gasteiger partial charge in [0.15, 0.2) is 0 Å².